The Balaban J connectivity index is 1.41. The lowest BCUT2D eigenvalue weighted by atomic mass is 9.83. The molecule has 1 amide bonds. The molecule has 1 atom stereocenters. The average molecular weight is 431 g/mol. The Kier molecular flexibility index (Phi) is 4.07. The van der Waals surface area contributed by atoms with Crippen molar-refractivity contribution in [2.45, 2.75) is 17.1 Å². The largest absolute Gasteiger partial charge is 0.340 e. The molecule has 2 fully saturated rings. The van der Waals surface area contributed by atoms with E-state index in [0.29, 0.717) is 12.0 Å². The van der Waals surface area contributed by atoms with Gasteiger partial charge in [0.2, 0.25) is 11.7 Å². The third-order valence-electron chi connectivity index (χ3n) is 5.90. The molecule has 30 heavy (non-hydrogen) atoms. The number of aryl methyl sites for hydroxylation is 1. The van der Waals surface area contributed by atoms with Crippen LogP contribution < -0.4 is 0 Å². The number of aromatic nitrogens is 4. The van der Waals surface area contributed by atoms with Crippen LogP contribution in [-0.2, 0) is 16.9 Å². The van der Waals surface area contributed by atoms with Gasteiger partial charge in [-0.1, -0.05) is 5.16 Å². The summed E-state index contributed by atoms with van der Waals surface area (Å²) in [5.41, 5.74) is 0.845. The fourth-order valence-corrected chi connectivity index (χ4v) is 6.55. The van der Waals surface area contributed by atoms with E-state index in [0.717, 1.165) is 0 Å². The van der Waals surface area contributed by atoms with Gasteiger partial charge in [0, 0.05) is 31.9 Å². The molecule has 5 rings (SSSR count). The van der Waals surface area contributed by atoms with Crippen molar-refractivity contribution in [3.05, 3.63) is 54.2 Å². The molecule has 9 nitrogen and oxygen atoms in total. The zero-order valence-corrected chi connectivity index (χ0v) is 16.8. The molecule has 2 aliphatic rings. The number of sulfone groups is 1. The Morgan fingerprint density at radius 1 is 1.27 bits per heavy atom. The first kappa shape index (κ1) is 18.9. The van der Waals surface area contributed by atoms with Gasteiger partial charge in [0.05, 0.1) is 18.0 Å². The molecule has 1 spiro atoms. The predicted octanol–water partition coefficient (Wildman–Crippen LogP) is 1.41. The third-order valence-corrected chi connectivity index (χ3v) is 8.45. The first-order valence-corrected chi connectivity index (χ1v) is 11.0. The number of hydrogen-bond acceptors (Lipinski definition) is 7. The molecule has 156 valence electrons. The van der Waals surface area contributed by atoms with Gasteiger partial charge < -0.3 is 14.0 Å². The number of halogens is 1. The van der Waals surface area contributed by atoms with Gasteiger partial charge in [0.25, 0.3) is 5.91 Å². The molecular weight excluding hydrogens is 413 g/mol. The van der Waals surface area contributed by atoms with Crippen LogP contribution in [0.2, 0.25) is 0 Å². The van der Waals surface area contributed by atoms with Gasteiger partial charge in [0.15, 0.2) is 9.84 Å². The fourth-order valence-electron chi connectivity index (χ4n) is 4.24. The molecular formula is C19H18FN5O4S. The first-order valence-electron chi connectivity index (χ1n) is 9.38. The summed E-state index contributed by atoms with van der Waals surface area (Å²) in [6, 6.07) is 5.64. The number of amides is 1. The highest BCUT2D eigenvalue weighted by molar-refractivity contribution is 7.93. The topological polar surface area (TPSA) is 111 Å². The van der Waals surface area contributed by atoms with Gasteiger partial charge in [0.1, 0.15) is 16.3 Å². The lowest BCUT2D eigenvalue weighted by molar-refractivity contribution is 0.0498. The van der Waals surface area contributed by atoms with Crippen molar-refractivity contribution in [3.63, 3.8) is 0 Å². The van der Waals surface area contributed by atoms with Gasteiger partial charge in [-0.15, -0.1) is 0 Å². The minimum Gasteiger partial charge on any atom is -0.340 e. The fraction of sp³-hybridized carbons (Fsp3) is 0.368. The van der Waals surface area contributed by atoms with E-state index in [1.165, 1.54) is 35.5 Å². The highest BCUT2D eigenvalue weighted by Gasteiger charge is 2.64. The lowest BCUT2D eigenvalue weighted by Crippen LogP contribution is -2.67. The highest BCUT2D eigenvalue weighted by atomic mass is 32.2. The normalized spacial score (nSPS) is 21.7. The van der Waals surface area contributed by atoms with Crippen molar-refractivity contribution in [2.75, 3.05) is 18.8 Å². The number of imidazole rings is 1. The van der Waals surface area contributed by atoms with Crippen LogP contribution in [0.3, 0.4) is 0 Å². The SMILES string of the molecule is Cn1cnc(C(=O)N2CC3(C2)C(c2nc(-c4ccc(F)cc4)no2)CCS3(=O)=O)c1. The molecule has 0 radical (unpaired) electrons. The van der Waals surface area contributed by atoms with E-state index in [4.69, 9.17) is 4.52 Å². The number of carbonyl (C=O) groups is 1. The third kappa shape index (κ3) is 2.76. The summed E-state index contributed by atoms with van der Waals surface area (Å²) in [6.07, 6.45) is 3.47. The van der Waals surface area contributed by atoms with E-state index in [2.05, 4.69) is 15.1 Å². The number of carbonyl (C=O) groups excluding carboxylic acids is 1. The van der Waals surface area contributed by atoms with Crippen LogP contribution in [0.5, 0.6) is 0 Å². The summed E-state index contributed by atoms with van der Waals surface area (Å²) < 4.78 is 44.8. The van der Waals surface area contributed by atoms with E-state index >= 15 is 0 Å². The molecule has 0 bridgehead atoms. The monoisotopic (exact) mass is 431 g/mol. The van der Waals surface area contributed by atoms with E-state index in [1.807, 2.05) is 0 Å². The van der Waals surface area contributed by atoms with Crippen LogP contribution in [0.15, 0.2) is 41.3 Å². The zero-order valence-electron chi connectivity index (χ0n) is 16.0. The second-order valence-electron chi connectivity index (χ2n) is 7.77. The average Bonchev–Trinajstić information content (AvgIpc) is 3.38. The number of hydrogen-bond donors (Lipinski definition) is 0. The molecule has 2 aromatic heterocycles. The minimum atomic E-state index is -3.45. The number of likely N-dealkylation sites (tertiary alicyclic amines) is 1. The number of benzene rings is 1. The van der Waals surface area contributed by atoms with Gasteiger partial charge in [-0.25, -0.2) is 17.8 Å². The van der Waals surface area contributed by atoms with Crippen molar-refractivity contribution in [3.8, 4) is 11.4 Å². The van der Waals surface area contributed by atoms with E-state index in [-0.39, 0.29) is 48.0 Å². The van der Waals surface area contributed by atoms with Crippen LogP contribution in [0.25, 0.3) is 11.4 Å². The maximum Gasteiger partial charge on any atom is 0.274 e. The highest BCUT2D eigenvalue weighted by Crippen LogP contribution is 2.49. The molecule has 2 saturated heterocycles. The maximum atomic E-state index is 13.2. The quantitative estimate of drug-likeness (QED) is 0.616. The van der Waals surface area contributed by atoms with Crippen molar-refractivity contribution in [2.24, 2.45) is 7.05 Å². The minimum absolute atomic E-state index is 0.00243. The van der Waals surface area contributed by atoms with E-state index < -0.39 is 20.5 Å². The van der Waals surface area contributed by atoms with Crippen molar-refractivity contribution in [1.82, 2.24) is 24.6 Å². The maximum absolute atomic E-state index is 13.2. The lowest BCUT2D eigenvalue weighted by Gasteiger charge is -2.48. The van der Waals surface area contributed by atoms with E-state index in [9.17, 15) is 17.6 Å². The van der Waals surface area contributed by atoms with Crippen LogP contribution in [-0.4, -0.2) is 62.5 Å². The second kappa shape index (κ2) is 6.46. The van der Waals surface area contributed by atoms with Crippen molar-refractivity contribution < 1.29 is 22.1 Å². The Bertz CT molecular complexity index is 1230. The zero-order chi connectivity index (χ0) is 21.1. The van der Waals surface area contributed by atoms with Crippen LogP contribution in [0.4, 0.5) is 4.39 Å². The van der Waals surface area contributed by atoms with Crippen LogP contribution >= 0.6 is 0 Å². The molecule has 3 aromatic rings. The smallest absolute Gasteiger partial charge is 0.274 e. The number of nitrogens with zero attached hydrogens (tertiary/aromatic N) is 5. The van der Waals surface area contributed by atoms with Crippen LogP contribution in [0, 0.1) is 5.82 Å². The Hall–Kier alpha value is -3.08. The van der Waals surface area contributed by atoms with Gasteiger partial charge >= 0.3 is 0 Å². The van der Waals surface area contributed by atoms with Crippen LogP contribution in [0.1, 0.15) is 28.7 Å². The summed E-state index contributed by atoms with van der Waals surface area (Å²) >= 11 is 0. The van der Waals surface area contributed by atoms with Gasteiger partial charge in [-0.2, -0.15) is 4.98 Å². The molecule has 1 unspecified atom stereocenters. The van der Waals surface area contributed by atoms with Crippen molar-refractivity contribution >= 4 is 15.7 Å². The summed E-state index contributed by atoms with van der Waals surface area (Å²) in [4.78, 5) is 22.5. The summed E-state index contributed by atoms with van der Waals surface area (Å²) in [7, 11) is -1.69. The summed E-state index contributed by atoms with van der Waals surface area (Å²) in [5, 5.41) is 3.94. The molecule has 11 heteroatoms. The molecule has 1 aromatic carbocycles. The Morgan fingerprint density at radius 3 is 2.67 bits per heavy atom. The number of rotatable bonds is 3. The molecule has 0 aliphatic carbocycles. The molecule has 0 saturated carbocycles. The Labute approximate surface area is 171 Å². The van der Waals surface area contributed by atoms with Gasteiger partial charge in [-0.3, -0.25) is 4.79 Å². The molecule has 2 aliphatic heterocycles. The predicted molar refractivity (Wildman–Crippen MR) is 103 cm³/mol. The molecule has 4 heterocycles. The summed E-state index contributed by atoms with van der Waals surface area (Å²) in [6.45, 7) is 0.118. The van der Waals surface area contributed by atoms with Crippen molar-refractivity contribution in [1.29, 1.82) is 0 Å². The summed E-state index contributed by atoms with van der Waals surface area (Å²) in [5.74, 6) is -0.699. The second-order valence-corrected chi connectivity index (χ2v) is 10.2. The standard InChI is InChI=1S/C19H18FN5O4S/c1-24-8-15(21-11-24)18(26)25-9-19(10-25)14(6-7-30(19,27)28)17-22-16(23-29-17)12-2-4-13(20)5-3-12/h2-5,8,11,14H,6-7,9-10H2,1H3. The van der Waals surface area contributed by atoms with E-state index in [1.54, 1.807) is 17.8 Å². The first-order chi connectivity index (χ1) is 14.3. The van der Waals surface area contributed by atoms with Gasteiger partial charge in [-0.05, 0) is 30.7 Å². The Morgan fingerprint density at radius 2 is 2.00 bits per heavy atom. The molecule has 0 N–H and O–H groups in total.